The van der Waals surface area contributed by atoms with Gasteiger partial charge in [-0.05, 0) is 31.2 Å². The fourth-order valence-corrected chi connectivity index (χ4v) is 2.96. The number of hydrogen-bond acceptors (Lipinski definition) is 5. The Hall–Kier alpha value is -3.35. The number of benzene rings is 1. The van der Waals surface area contributed by atoms with E-state index in [4.69, 9.17) is 8.94 Å². The number of aromatic nitrogens is 1. The van der Waals surface area contributed by atoms with Gasteiger partial charge in [0.25, 0.3) is 0 Å². The van der Waals surface area contributed by atoms with Gasteiger partial charge in [-0.25, -0.2) is 0 Å². The molecule has 1 aliphatic rings. The largest absolute Gasteiger partial charge is 0.463 e. The Morgan fingerprint density at radius 2 is 2.08 bits per heavy atom. The average Bonchev–Trinajstić information content (AvgIpc) is 3.36. The average molecular weight is 351 g/mol. The number of rotatable bonds is 4. The van der Waals surface area contributed by atoms with Crippen LogP contribution in [0.5, 0.6) is 0 Å². The molecule has 1 atom stereocenters. The van der Waals surface area contributed by atoms with Crippen molar-refractivity contribution in [2.75, 3.05) is 16.8 Å². The number of carbonyl (C=O) groups is 2. The van der Waals surface area contributed by atoms with Crippen LogP contribution in [0.15, 0.2) is 57.7 Å². The lowest BCUT2D eigenvalue weighted by Crippen LogP contribution is -2.28. The zero-order chi connectivity index (χ0) is 18.1. The first-order valence-corrected chi connectivity index (χ1v) is 8.28. The Morgan fingerprint density at radius 1 is 1.27 bits per heavy atom. The minimum absolute atomic E-state index is 0.0668. The van der Waals surface area contributed by atoms with Crippen LogP contribution in [0.3, 0.4) is 0 Å². The summed E-state index contributed by atoms with van der Waals surface area (Å²) in [4.78, 5) is 26.4. The van der Waals surface area contributed by atoms with Gasteiger partial charge in [-0.15, -0.1) is 0 Å². The molecule has 1 N–H and O–H groups in total. The topological polar surface area (TPSA) is 88.6 Å². The van der Waals surface area contributed by atoms with Crippen LogP contribution in [-0.4, -0.2) is 23.5 Å². The number of hydrogen-bond donors (Lipinski definition) is 1. The molecule has 0 bridgehead atoms. The van der Waals surface area contributed by atoms with E-state index in [1.54, 1.807) is 23.1 Å². The van der Waals surface area contributed by atoms with Crippen molar-refractivity contribution in [2.24, 2.45) is 5.92 Å². The smallest absolute Gasteiger partial charge is 0.232 e. The molecule has 7 heteroatoms. The summed E-state index contributed by atoms with van der Waals surface area (Å²) in [6.07, 6.45) is 1.70. The maximum atomic E-state index is 12.5. The lowest BCUT2D eigenvalue weighted by atomic mass is 10.1. The molecule has 0 radical (unpaired) electrons. The molecule has 2 aromatic heterocycles. The molecule has 3 heterocycles. The molecule has 1 aliphatic heterocycles. The summed E-state index contributed by atoms with van der Waals surface area (Å²) in [5.74, 6) is -0.00241. The van der Waals surface area contributed by atoms with Crippen molar-refractivity contribution in [3.63, 3.8) is 0 Å². The highest BCUT2D eigenvalue weighted by molar-refractivity contribution is 6.03. The van der Waals surface area contributed by atoms with Gasteiger partial charge in [0.05, 0.1) is 12.2 Å². The summed E-state index contributed by atoms with van der Waals surface area (Å²) < 4.78 is 10.4. The van der Waals surface area contributed by atoms with Crippen LogP contribution in [0.2, 0.25) is 0 Å². The van der Waals surface area contributed by atoms with E-state index in [0.29, 0.717) is 18.0 Å². The van der Waals surface area contributed by atoms with E-state index in [-0.39, 0.29) is 24.1 Å². The summed E-state index contributed by atoms with van der Waals surface area (Å²) in [5, 5.41) is 6.54. The van der Waals surface area contributed by atoms with Crippen LogP contribution in [0.4, 0.5) is 11.6 Å². The highest BCUT2D eigenvalue weighted by atomic mass is 16.5. The van der Waals surface area contributed by atoms with Crippen LogP contribution < -0.4 is 10.2 Å². The van der Waals surface area contributed by atoms with Crippen LogP contribution in [0, 0.1) is 12.8 Å². The number of nitrogens with zero attached hydrogens (tertiary/aromatic N) is 2. The van der Waals surface area contributed by atoms with Crippen LogP contribution in [-0.2, 0) is 9.59 Å². The zero-order valence-corrected chi connectivity index (χ0v) is 14.1. The van der Waals surface area contributed by atoms with Crippen LogP contribution >= 0.6 is 0 Å². The fraction of sp³-hybridized carbons (Fsp3) is 0.211. The predicted molar refractivity (Wildman–Crippen MR) is 94.5 cm³/mol. The SMILES string of the molecule is Cc1ccc(N2C[C@H](C(=O)Nc3cc(-c4ccco4)no3)CC2=O)cc1. The van der Waals surface area contributed by atoms with Crippen molar-refractivity contribution < 1.29 is 18.5 Å². The van der Waals surface area contributed by atoms with Gasteiger partial charge in [0.15, 0.2) is 11.5 Å². The molecule has 7 nitrogen and oxygen atoms in total. The van der Waals surface area contributed by atoms with E-state index >= 15 is 0 Å². The molecule has 1 aromatic carbocycles. The molecule has 0 unspecified atom stereocenters. The number of anilines is 2. The van der Waals surface area contributed by atoms with Crippen LogP contribution in [0.1, 0.15) is 12.0 Å². The molecular formula is C19H17N3O4. The highest BCUT2D eigenvalue weighted by Gasteiger charge is 2.35. The van der Waals surface area contributed by atoms with Crippen molar-refractivity contribution in [2.45, 2.75) is 13.3 Å². The van der Waals surface area contributed by atoms with Gasteiger partial charge in [-0.1, -0.05) is 22.9 Å². The molecular weight excluding hydrogens is 334 g/mol. The number of furan rings is 1. The first-order chi connectivity index (χ1) is 12.6. The van der Waals surface area contributed by atoms with Gasteiger partial charge < -0.3 is 13.8 Å². The Balaban J connectivity index is 1.43. The number of carbonyl (C=O) groups excluding carboxylic acids is 2. The third kappa shape index (κ3) is 3.11. The third-order valence-electron chi connectivity index (χ3n) is 4.37. The number of amides is 2. The number of aryl methyl sites for hydroxylation is 1. The lowest BCUT2D eigenvalue weighted by Gasteiger charge is -2.16. The monoisotopic (exact) mass is 351 g/mol. The van der Waals surface area contributed by atoms with E-state index in [1.807, 2.05) is 31.2 Å². The lowest BCUT2D eigenvalue weighted by molar-refractivity contribution is -0.122. The quantitative estimate of drug-likeness (QED) is 0.779. The maximum absolute atomic E-state index is 12.5. The van der Waals surface area contributed by atoms with Gasteiger partial charge in [0.2, 0.25) is 17.7 Å². The van der Waals surface area contributed by atoms with E-state index in [1.165, 1.54) is 6.26 Å². The Bertz CT molecular complexity index is 928. The summed E-state index contributed by atoms with van der Waals surface area (Å²) in [5.41, 5.74) is 2.41. The van der Waals surface area contributed by atoms with Gasteiger partial charge in [-0.3, -0.25) is 14.9 Å². The normalized spacial score (nSPS) is 16.9. The van der Waals surface area contributed by atoms with E-state index in [2.05, 4.69) is 10.5 Å². The Morgan fingerprint density at radius 3 is 2.81 bits per heavy atom. The van der Waals surface area contributed by atoms with Crippen molar-refractivity contribution >= 4 is 23.4 Å². The first-order valence-electron chi connectivity index (χ1n) is 8.28. The van der Waals surface area contributed by atoms with E-state index < -0.39 is 5.92 Å². The van der Waals surface area contributed by atoms with Crippen LogP contribution in [0.25, 0.3) is 11.5 Å². The van der Waals surface area contributed by atoms with Crippen molar-refractivity contribution in [1.29, 1.82) is 0 Å². The minimum atomic E-state index is -0.444. The predicted octanol–water partition coefficient (Wildman–Crippen LogP) is 3.23. The van der Waals surface area contributed by atoms with Gasteiger partial charge in [0.1, 0.15) is 0 Å². The van der Waals surface area contributed by atoms with Gasteiger partial charge in [0, 0.05) is 24.7 Å². The molecule has 2 amide bonds. The molecule has 3 aromatic rings. The summed E-state index contributed by atoms with van der Waals surface area (Å²) in [7, 11) is 0. The standard InChI is InChI=1S/C19H17N3O4/c1-12-4-6-14(7-5-12)22-11-13(9-18(22)23)19(24)20-17-10-15(21-26-17)16-3-2-8-25-16/h2-8,10,13H,9,11H2,1H3,(H,20,24)/t13-/m1/s1. The van der Waals surface area contributed by atoms with Crippen molar-refractivity contribution in [3.05, 3.63) is 54.3 Å². The maximum Gasteiger partial charge on any atom is 0.232 e. The second kappa shape index (κ2) is 6.51. The molecule has 1 fully saturated rings. The molecule has 0 aliphatic carbocycles. The molecule has 0 saturated carbocycles. The van der Waals surface area contributed by atoms with Gasteiger partial charge >= 0.3 is 0 Å². The Kier molecular flexibility index (Phi) is 4.04. The first kappa shape index (κ1) is 16.1. The fourth-order valence-electron chi connectivity index (χ4n) is 2.96. The third-order valence-corrected chi connectivity index (χ3v) is 4.37. The van der Waals surface area contributed by atoms with E-state index in [9.17, 15) is 9.59 Å². The molecule has 26 heavy (non-hydrogen) atoms. The molecule has 4 rings (SSSR count). The minimum Gasteiger partial charge on any atom is -0.463 e. The molecule has 0 spiro atoms. The summed E-state index contributed by atoms with van der Waals surface area (Å²) in [6.45, 7) is 2.33. The van der Waals surface area contributed by atoms with Gasteiger partial charge in [-0.2, -0.15) is 0 Å². The molecule has 1 saturated heterocycles. The summed E-state index contributed by atoms with van der Waals surface area (Å²) in [6, 6.07) is 12.7. The molecule has 132 valence electrons. The van der Waals surface area contributed by atoms with Crippen molar-refractivity contribution in [1.82, 2.24) is 5.16 Å². The zero-order valence-electron chi connectivity index (χ0n) is 14.1. The highest BCUT2D eigenvalue weighted by Crippen LogP contribution is 2.27. The Labute approximate surface area is 149 Å². The number of nitrogens with one attached hydrogen (secondary N) is 1. The second-order valence-electron chi connectivity index (χ2n) is 6.28. The summed E-state index contributed by atoms with van der Waals surface area (Å²) >= 11 is 0. The van der Waals surface area contributed by atoms with Crippen molar-refractivity contribution in [3.8, 4) is 11.5 Å². The van der Waals surface area contributed by atoms with E-state index in [0.717, 1.165) is 11.3 Å². The second-order valence-corrected chi connectivity index (χ2v) is 6.28.